The van der Waals surface area contributed by atoms with Gasteiger partial charge in [-0.2, -0.15) is 0 Å². The summed E-state index contributed by atoms with van der Waals surface area (Å²) in [7, 11) is 3.24. The zero-order valence-electron chi connectivity index (χ0n) is 19.9. The SMILES string of the molecule is COc1cccc([C@@H]2C3=C(N=c4s/c(=C/c5cccc(O)c5)c(=O)n42)c2ccccc2CC3)c1OC. The molecule has 36 heavy (non-hydrogen) atoms. The summed E-state index contributed by atoms with van der Waals surface area (Å²) in [6.07, 6.45) is 3.47. The van der Waals surface area contributed by atoms with Gasteiger partial charge in [-0.1, -0.05) is 59.9 Å². The summed E-state index contributed by atoms with van der Waals surface area (Å²) in [5.41, 5.74) is 5.89. The van der Waals surface area contributed by atoms with Crippen LogP contribution in [-0.4, -0.2) is 23.9 Å². The predicted molar refractivity (Wildman–Crippen MR) is 140 cm³/mol. The smallest absolute Gasteiger partial charge is 0.271 e. The first-order valence-corrected chi connectivity index (χ1v) is 12.5. The summed E-state index contributed by atoms with van der Waals surface area (Å²) in [4.78, 5) is 19.6. The Bertz CT molecular complexity index is 1710. The maximum Gasteiger partial charge on any atom is 0.271 e. The molecule has 0 spiro atoms. The van der Waals surface area contributed by atoms with E-state index in [2.05, 4.69) is 18.2 Å². The van der Waals surface area contributed by atoms with E-state index in [-0.39, 0.29) is 17.4 Å². The lowest BCUT2D eigenvalue weighted by molar-refractivity contribution is 0.348. The molecule has 0 saturated carbocycles. The number of aromatic nitrogens is 1. The molecule has 0 radical (unpaired) electrons. The van der Waals surface area contributed by atoms with Crippen LogP contribution in [0, 0.1) is 0 Å². The number of aryl methyl sites for hydroxylation is 1. The molecule has 4 aromatic rings. The van der Waals surface area contributed by atoms with Crippen molar-refractivity contribution in [3.05, 3.63) is 114 Å². The second-order valence-corrected chi connectivity index (χ2v) is 9.80. The van der Waals surface area contributed by atoms with Crippen molar-refractivity contribution in [1.82, 2.24) is 4.57 Å². The molecule has 0 saturated heterocycles. The lowest BCUT2D eigenvalue weighted by Gasteiger charge is -2.31. The molecule has 2 aliphatic rings. The van der Waals surface area contributed by atoms with Gasteiger partial charge in [-0.15, -0.1) is 0 Å². The molecule has 1 aliphatic carbocycles. The molecule has 2 heterocycles. The standard InChI is InChI=1S/C29H24N2O4S/c1-34-23-12-6-11-22(27(23)35-2)26-21-14-13-18-8-3-4-10-20(18)25(21)30-29-31(26)28(33)24(36-29)16-17-7-5-9-19(32)15-17/h3-12,15-16,26,32H,13-14H2,1-2H3/b24-16+/t26-/m0/s1. The molecular weight excluding hydrogens is 472 g/mol. The van der Waals surface area contributed by atoms with Gasteiger partial charge in [0, 0.05) is 11.1 Å². The lowest BCUT2D eigenvalue weighted by atomic mass is 9.83. The molecule has 1 atom stereocenters. The summed E-state index contributed by atoms with van der Waals surface area (Å²) < 4.78 is 13.7. The van der Waals surface area contributed by atoms with Gasteiger partial charge in [0.2, 0.25) is 0 Å². The van der Waals surface area contributed by atoms with Crippen LogP contribution in [-0.2, 0) is 6.42 Å². The van der Waals surface area contributed by atoms with Crippen molar-refractivity contribution in [3.63, 3.8) is 0 Å². The fourth-order valence-electron chi connectivity index (χ4n) is 5.19. The van der Waals surface area contributed by atoms with Crippen LogP contribution < -0.4 is 24.4 Å². The Balaban J connectivity index is 1.66. The number of para-hydroxylation sites is 1. The van der Waals surface area contributed by atoms with E-state index in [1.807, 2.05) is 30.3 Å². The van der Waals surface area contributed by atoms with Gasteiger partial charge < -0.3 is 14.6 Å². The number of benzene rings is 3. The molecule has 1 aliphatic heterocycles. The van der Waals surface area contributed by atoms with Crippen LogP contribution in [0.3, 0.4) is 0 Å². The van der Waals surface area contributed by atoms with E-state index >= 15 is 0 Å². The fourth-order valence-corrected chi connectivity index (χ4v) is 6.19. The molecule has 3 aromatic carbocycles. The van der Waals surface area contributed by atoms with Crippen LogP contribution in [0.5, 0.6) is 17.2 Å². The third kappa shape index (κ3) is 3.55. The summed E-state index contributed by atoms with van der Waals surface area (Å²) >= 11 is 1.36. The molecule has 0 bridgehead atoms. The molecule has 1 aromatic heterocycles. The van der Waals surface area contributed by atoms with Gasteiger partial charge in [0.15, 0.2) is 16.3 Å². The topological polar surface area (TPSA) is 73.0 Å². The van der Waals surface area contributed by atoms with Gasteiger partial charge in [-0.05, 0) is 53.8 Å². The highest BCUT2D eigenvalue weighted by Gasteiger charge is 2.34. The summed E-state index contributed by atoms with van der Waals surface area (Å²) in [5.74, 6) is 1.38. The quantitative estimate of drug-likeness (QED) is 0.463. The second-order valence-electron chi connectivity index (χ2n) is 8.79. The molecule has 7 heteroatoms. The first kappa shape index (κ1) is 22.4. The number of fused-ring (bicyclic) bond motifs is 3. The zero-order valence-corrected chi connectivity index (χ0v) is 20.7. The number of phenols is 1. The molecule has 6 nitrogen and oxygen atoms in total. The van der Waals surface area contributed by atoms with Crippen molar-refractivity contribution in [1.29, 1.82) is 0 Å². The number of allylic oxidation sites excluding steroid dienone is 1. The summed E-state index contributed by atoms with van der Waals surface area (Å²) in [6, 6.07) is 20.6. The minimum absolute atomic E-state index is 0.123. The molecule has 0 amide bonds. The minimum atomic E-state index is -0.374. The maximum atomic E-state index is 13.9. The number of thiazole rings is 1. The highest BCUT2D eigenvalue weighted by atomic mass is 32.1. The number of methoxy groups -OCH3 is 2. The first-order chi connectivity index (χ1) is 17.6. The van der Waals surface area contributed by atoms with Crippen molar-refractivity contribution < 1.29 is 14.6 Å². The van der Waals surface area contributed by atoms with Gasteiger partial charge >= 0.3 is 0 Å². The van der Waals surface area contributed by atoms with E-state index in [9.17, 15) is 9.90 Å². The Morgan fingerprint density at radius 1 is 1.03 bits per heavy atom. The number of phenolic OH excluding ortho intramolecular Hbond substituents is 1. The normalized spacial score (nSPS) is 16.6. The van der Waals surface area contributed by atoms with Crippen LogP contribution in [0.2, 0.25) is 0 Å². The first-order valence-electron chi connectivity index (χ1n) is 11.7. The lowest BCUT2D eigenvalue weighted by Crippen LogP contribution is -2.39. The zero-order chi connectivity index (χ0) is 24.8. The van der Waals surface area contributed by atoms with Gasteiger partial charge in [-0.25, -0.2) is 4.99 Å². The highest BCUT2D eigenvalue weighted by Crippen LogP contribution is 2.45. The maximum absolute atomic E-state index is 13.9. The minimum Gasteiger partial charge on any atom is -0.508 e. The Kier molecular flexibility index (Phi) is 5.49. The van der Waals surface area contributed by atoms with Crippen LogP contribution >= 0.6 is 11.3 Å². The van der Waals surface area contributed by atoms with Crippen molar-refractivity contribution in [2.75, 3.05) is 14.2 Å². The predicted octanol–water partition coefficient (Wildman–Crippen LogP) is 4.04. The molecular formula is C29H24N2O4S. The number of nitrogens with zero attached hydrogens (tertiary/aromatic N) is 2. The molecule has 0 fully saturated rings. The van der Waals surface area contributed by atoms with Crippen molar-refractivity contribution >= 4 is 23.1 Å². The third-order valence-electron chi connectivity index (χ3n) is 6.77. The van der Waals surface area contributed by atoms with Gasteiger partial charge in [0.25, 0.3) is 5.56 Å². The Morgan fingerprint density at radius 2 is 1.86 bits per heavy atom. The Labute approximate surface area is 211 Å². The van der Waals surface area contributed by atoms with E-state index in [1.54, 1.807) is 43.1 Å². The van der Waals surface area contributed by atoms with Crippen molar-refractivity contribution in [2.24, 2.45) is 4.99 Å². The summed E-state index contributed by atoms with van der Waals surface area (Å²) in [5, 5.41) is 9.90. The van der Waals surface area contributed by atoms with E-state index < -0.39 is 0 Å². The van der Waals surface area contributed by atoms with Crippen LogP contribution in [0.25, 0.3) is 11.8 Å². The van der Waals surface area contributed by atoms with Crippen LogP contribution in [0.15, 0.2) is 82.1 Å². The number of aromatic hydroxyl groups is 1. The number of hydrogen-bond donors (Lipinski definition) is 1. The van der Waals surface area contributed by atoms with E-state index in [1.165, 1.54) is 16.9 Å². The number of hydrogen-bond acceptors (Lipinski definition) is 6. The van der Waals surface area contributed by atoms with Gasteiger partial charge in [0.1, 0.15) is 5.75 Å². The molecule has 6 rings (SSSR count). The average molecular weight is 497 g/mol. The molecule has 180 valence electrons. The number of ether oxygens (including phenoxy) is 2. The van der Waals surface area contributed by atoms with E-state index in [4.69, 9.17) is 14.5 Å². The second kappa shape index (κ2) is 8.84. The van der Waals surface area contributed by atoms with Gasteiger partial charge in [0.05, 0.1) is 30.5 Å². The van der Waals surface area contributed by atoms with E-state index in [0.717, 1.165) is 40.8 Å². The average Bonchev–Trinajstić information content (AvgIpc) is 3.21. The summed E-state index contributed by atoms with van der Waals surface area (Å²) in [6.45, 7) is 0. The van der Waals surface area contributed by atoms with E-state index in [0.29, 0.717) is 20.8 Å². The molecule has 0 unspecified atom stereocenters. The number of rotatable bonds is 4. The third-order valence-corrected chi connectivity index (χ3v) is 7.75. The van der Waals surface area contributed by atoms with Crippen LogP contribution in [0.1, 0.15) is 34.7 Å². The largest absolute Gasteiger partial charge is 0.508 e. The molecule has 1 N–H and O–H groups in total. The van der Waals surface area contributed by atoms with Crippen molar-refractivity contribution in [3.8, 4) is 17.2 Å². The highest BCUT2D eigenvalue weighted by molar-refractivity contribution is 7.07. The monoisotopic (exact) mass is 496 g/mol. The van der Waals surface area contributed by atoms with Crippen molar-refractivity contribution in [2.45, 2.75) is 18.9 Å². The fraction of sp³-hybridized carbons (Fsp3) is 0.172. The van der Waals surface area contributed by atoms with Gasteiger partial charge in [-0.3, -0.25) is 9.36 Å². The Morgan fingerprint density at radius 3 is 2.67 bits per heavy atom. The Hall–Kier alpha value is -4.10. The van der Waals surface area contributed by atoms with Crippen LogP contribution in [0.4, 0.5) is 0 Å².